The second-order valence-corrected chi connectivity index (χ2v) is 5.64. The molecule has 0 radical (unpaired) electrons. The number of hydrogen-bond donors (Lipinski definition) is 1. The summed E-state index contributed by atoms with van der Waals surface area (Å²) in [5.41, 5.74) is -0.316. The van der Waals surface area contributed by atoms with Crippen LogP contribution in [0.1, 0.15) is 25.0 Å². The number of hydrogen-bond acceptors (Lipinski definition) is 2. The Labute approximate surface area is 122 Å². The van der Waals surface area contributed by atoms with Crippen molar-refractivity contribution >= 4 is 5.91 Å². The summed E-state index contributed by atoms with van der Waals surface area (Å²) < 4.78 is 38.0. The number of rotatable bonds is 2. The molecule has 0 aliphatic carbocycles. The fourth-order valence-corrected chi connectivity index (χ4v) is 2.67. The Kier molecular flexibility index (Phi) is 4.56. The normalized spacial score (nSPS) is 23.2. The van der Waals surface area contributed by atoms with Crippen LogP contribution < -0.4 is 5.32 Å². The zero-order chi connectivity index (χ0) is 15.6. The van der Waals surface area contributed by atoms with E-state index in [0.29, 0.717) is 18.7 Å². The van der Waals surface area contributed by atoms with Gasteiger partial charge in [-0.3, -0.25) is 4.79 Å². The van der Waals surface area contributed by atoms with Gasteiger partial charge in [0.1, 0.15) is 0 Å². The average molecular weight is 300 g/mol. The molecule has 2 atom stereocenters. The SMILES string of the molecule is CC1CN(C(=O)Cc2cccc(C(F)(F)F)c2)CC(C)N1. The van der Waals surface area contributed by atoms with E-state index in [1.165, 1.54) is 6.07 Å². The molecule has 2 rings (SSSR count). The summed E-state index contributed by atoms with van der Waals surface area (Å²) in [6.07, 6.45) is -4.37. The molecule has 2 unspecified atom stereocenters. The Hall–Kier alpha value is -1.56. The summed E-state index contributed by atoms with van der Waals surface area (Å²) in [4.78, 5) is 14.0. The smallest absolute Gasteiger partial charge is 0.339 e. The predicted octanol–water partition coefficient (Wildman–Crippen LogP) is 2.46. The van der Waals surface area contributed by atoms with E-state index in [9.17, 15) is 18.0 Å². The van der Waals surface area contributed by atoms with Crippen LogP contribution in [0.4, 0.5) is 13.2 Å². The Morgan fingerprint density at radius 2 is 1.90 bits per heavy atom. The molecular formula is C15H19F3N2O. The third kappa shape index (κ3) is 4.20. The number of carbonyl (C=O) groups excluding carboxylic acids is 1. The molecule has 21 heavy (non-hydrogen) atoms. The lowest BCUT2D eigenvalue weighted by Gasteiger charge is -2.36. The molecule has 1 fully saturated rings. The molecule has 0 saturated carbocycles. The monoisotopic (exact) mass is 300 g/mol. The number of amides is 1. The molecular weight excluding hydrogens is 281 g/mol. The largest absolute Gasteiger partial charge is 0.416 e. The number of piperazine rings is 1. The number of halogens is 3. The van der Waals surface area contributed by atoms with E-state index >= 15 is 0 Å². The van der Waals surface area contributed by atoms with Gasteiger partial charge in [0, 0.05) is 25.2 Å². The van der Waals surface area contributed by atoms with Gasteiger partial charge >= 0.3 is 6.18 Å². The average Bonchev–Trinajstić information content (AvgIpc) is 2.37. The topological polar surface area (TPSA) is 32.3 Å². The lowest BCUT2D eigenvalue weighted by Crippen LogP contribution is -2.56. The molecule has 1 N–H and O–H groups in total. The Morgan fingerprint density at radius 3 is 2.48 bits per heavy atom. The molecule has 116 valence electrons. The van der Waals surface area contributed by atoms with Crippen molar-refractivity contribution in [2.75, 3.05) is 13.1 Å². The van der Waals surface area contributed by atoms with Crippen molar-refractivity contribution in [2.24, 2.45) is 0 Å². The van der Waals surface area contributed by atoms with E-state index in [2.05, 4.69) is 5.32 Å². The number of benzene rings is 1. The lowest BCUT2D eigenvalue weighted by atomic mass is 10.1. The quantitative estimate of drug-likeness (QED) is 0.910. The van der Waals surface area contributed by atoms with Gasteiger partial charge < -0.3 is 10.2 Å². The zero-order valence-electron chi connectivity index (χ0n) is 12.1. The van der Waals surface area contributed by atoms with Crippen LogP contribution in [0.2, 0.25) is 0 Å². The lowest BCUT2D eigenvalue weighted by molar-refractivity contribution is -0.138. The van der Waals surface area contributed by atoms with Gasteiger partial charge in [-0.25, -0.2) is 0 Å². The van der Waals surface area contributed by atoms with Crippen LogP contribution in [0.25, 0.3) is 0 Å². The molecule has 0 bridgehead atoms. The van der Waals surface area contributed by atoms with Gasteiger partial charge in [-0.2, -0.15) is 13.2 Å². The molecule has 6 heteroatoms. The van der Waals surface area contributed by atoms with Crippen LogP contribution in [0.15, 0.2) is 24.3 Å². The first-order chi connectivity index (χ1) is 9.75. The van der Waals surface area contributed by atoms with Crippen LogP contribution in [0, 0.1) is 0 Å². The van der Waals surface area contributed by atoms with Crippen LogP contribution >= 0.6 is 0 Å². The van der Waals surface area contributed by atoms with Crippen molar-refractivity contribution in [3.05, 3.63) is 35.4 Å². The fourth-order valence-electron chi connectivity index (χ4n) is 2.67. The highest BCUT2D eigenvalue weighted by Crippen LogP contribution is 2.29. The molecule has 1 heterocycles. The maximum atomic E-state index is 12.7. The summed E-state index contributed by atoms with van der Waals surface area (Å²) in [6, 6.07) is 5.35. The van der Waals surface area contributed by atoms with E-state index in [4.69, 9.17) is 0 Å². The molecule has 1 saturated heterocycles. The van der Waals surface area contributed by atoms with Gasteiger partial charge in [-0.15, -0.1) is 0 Å². The molecule has 0 aromatic heterocycles. The van der Waals surface area contributed by atoms with Crippen LogP contribution in [-0.4, -0.2) is 36.0 Å². The second-order valence-electron chi connectivity index (χ2n) is 5.64. The minimum absolute atomic E-state index is 0.00333. The third-order valence-electron chi connectivity index (χ3n) is 3.52. The summed E-state index contributed by atoms with van der Waals surface area (Å²) >= 11 is 0. The van der Waals surface area contributed by atoms with E-state index < -0.39 is 11.7 Å². The van der Waals surface area contributed by atoms with Gasteiger partial charge in [0.2, 0.25) is 5.91 Å². The first-order valence-corrected chi connectivity index (χ1v) is 6.95. The molecule has 1 amide bonds. The summed E-state index contributed by atoms with van der Waals surface area (Å²) in [5, 5.41) is 3.31. The minimum atomic E-state index is -4.38. The Morgan fingerprint density at radius 1 is 1.29 bits per heavy atom. The van der Waals surface area contributed by atoms with Crippen LogP contribution in [0.5, 0.6) is 0 Å². The predicted molar refractivity (Wildman–Crippen MR) is 73.8 cm³/mol. The van der Waals surface area contributed by atoms with E-state index in [0.717, 1.165) is 12.1 Å². The molecule has 3 nitrogen and oxygen atoms in total. The molecule has 0 spiro atoms. The van der Waals surface area contributed by atoms with Gasteiger partial charge in [-0.05, 0) is 25.5 Å². The first kappa shape index (κ1) is 15.8. The highest BCUT2D eigenvalue weighted by Gasteiger charge is 2.31. The van der Waals surface area contributed by atoms with Crippen LogP contribution in [0.3, 0.4) is 0 Å². The first-order valence-electron chi connectivity index (χ1n) is 6.95. The van der Waals surface area contributed by atoms with Crippen molar-refractivity contribution in [3.63, 3.8) is 0 Å². The van der Waals surface area contributed by atoms with Crippen molar-refractivity contribution in [2.45, 2.75) is 38.5 Å². The van der Waals surface area contributed by atoms with Gasteiger partial charge in [0.15, 0.2) is 0 Å². The minimum Gasteiger partial charge on any atom is -0.339 e. The Bertz CT molecular complexity index is 506. The fraction of sp³-hybridized carbons (Fsp3) is 0.533. The van der Waals surface area contributed by atoms with E-state index in [1.54, 1.807) is 11.0 Å². The Balaban J connectivity index is 2.06. The highest BCUT2D eigenvalue weighted by atomic mass is 19.4. The van der Waals surface area contributed by atoms with Gasteiger partial charge in [0.25, 0.3) is 0 Å². The highest BCUT2D eigenvalue weighted by molar-refractivity contribution is 5.79. The van der Waals surface area contributed by atoms with E-state index in [-0.39, 0.29) is 24.4 Å². The number of nitrogens with zero attached hydrogens (tertiary/aromatic N) is 1. The second kappa shape index (κ2) is 6.05. The van der Waals surface area contributed by atoms with Crippen LogP contribution in [-0.2, 0) is 17.4 Å². The van der Waals surface area contributed by atoms with Gasteiger partial charge in [0.05, 0.1) is 12.0 Å². The van der Waals surface area contributed by atoms with Gasteiger partial charge in [-0.1, -0.05) is 18.2 Å². The van der Waals surface area contributed by atoms with Crippen molar-refractivity contribution in [1.82, 2.24) is 10.2 Å². The molecule has 1 aromatic rings. The molecule has 1 aliphatic heterocycles. The van der Waals surface area contributed by atoms with E-state index in [1.807, 2.05) is 13.8 Å². The summed E-state index contributed by atoms with van der Waals surface area (Å²) in [5.74, 6) is -0.130. The van der Waals surface area contributed by atoms with Crippen molar-refractivity contribution < 1.29 is 18.0 Å². The standard InChI is InChI=1S/C15H19F3N2O/c1-10-8-20(9-11(2)19-10)14(21)7-12-4-3-5-13(6-12)15(16,17)18/h3-6,10-11,19H,7-9H2,1-2H3. The van der Waals surface area contributed by atoms with Crippen molar-refractivity contribution in [3.8, 4) is 0 Å². The third-order valence-corrected chi connectivity index (χ3v) is 3.52. The summed E-state index contributed by atoms with van der Waals surface area (Å²) in [7, 11) is 0. The number of nitrogens with one attached hydrogen (secondary N) is 1. The zero-order valence-corrected chi connectivity index (χ0v) is 12.1. The van der Waals surface area contributed by atoms with Crippen molar-refractivity contribution in [1.29, 1.82) is 0 Å². The molecule has 1 aromatic carbocycles. The summed E-state index contributed by atoms with van der Waals surface area (Å²) in [6.45, 7) is 5.14. The maximum Gasteiger partial charge on any atom is 0.416 e. The molecule has 1 aliphatic rings. The number of alkyl halides is 3. The maximum absolute atomic E-state index is 12.7. The number of carbonyl (C=O) groups is 1.